The molecule has 1 aromatic heterocycles. The van der Waals surface area contributed by atoms with Gasteiger partial charge < -0.3 is 9.84 Å². The Hall–Kier alpha value is -1.99. The van der Waals surface area contributed by atoms with Crippen LogP contribution in [0.1, 0.15) is 50.8 Å². The summed E-state index contributed by atoms with van der Waals surface area (Å²) in [5.74, 6) is 1.41. The molecule has 0 saturated carbocycles. The highest BCUT2D eigenvalue weighted by molar-refractivity contribution is 9.10. The number of hydrogen-bond acceptors (Lipinski definition) is 5. The summed E-state index contributed by atoms with van der Waals surface area (Å²) in [5, 5.41) is 7.26. The van der Waals surface area contributed by atoms with Gasteiger partial charge in [0.2, 0.25) is 17.6 Å². The standard InChI is InChI=1S/C23H29BrN4O2/c24-20-10-8-18(9-11-20)22-26-21(30-27-22)16-28-14-4-7-19(15-28)23(29)25-13-12-17-5-2-1-3-6-17/h5,8-11,19H,1-4,6-7,12-16H2,(H,25,29). The van der Waals surface area contributed by atoms with Crippen molar-refractivity contribution >= 4 is 21.8 Å². The number of amides is 1. The Morgan fingerprint density at radius 3 is 2.90 bits per heavy atom. The number of carbonyl (C=O) groups excluding carboxylic acids is 1. The fourth-order valence-corrected chi connectivity index (χ4v) is 4.53. The smallest absolute Gasteiger partial charge is 0.241 e. The summed E-state index contributed by atoms with van der Waals surface area (Å²) >= 11 is 3.44. The van der Waals surface area contributed by atoms with Crippen molar-refractivity contribution in [1.29, 1.82) is 0 Å². The number of carbonyl (C=O) groups is 1. The number of nitrogens with one attached hydrogen (secondary N) is 1. The van der Waals surface area contributed by atoms with Crippen molar-refractivity contribution in [2.24, 2.45) is 5.92 Å². The van der Waals surface area contributed by atoms with Gasteiger partial charge in [-0.3, -0.25) is 9.69 Å². The average molecular weight is 473 g/mol. The van der Waals surface area contributed by atoms with E-state index in [-0.39, 0.29) is 11.8 Å². The van der Waals surface area contributed by atoms with E-state index in [0.29, 0.717) is 18.3 Å². The second-order valence-electron chi connectivity index (χ2n) is 8.24. The number of allylic oxidation sites excluding steroid dienone is 1. The summed E-state index contributed by atoms with van der Waals surface area (Å²) in [4.78, 5) is 19.4. The molecule has 1 aromatic carbocycles. The van der Waals surface area contributed by atoms with Crippen LogP contribution in [0.15, 0.2) is 44.9 Å². The molecule has 7 heteroatoms. The van der Waals surface area contributed by atoms with Gasteiger partial charge in [-0.15, -0.1) is 0 Å². The van der Waals surface area contributed by atoms with E-state index in [2.05, 4.69) is 42.4 Å². The monoisotopic (exact) mass is 472 g/mol. The molecule has 1 amide bonds. The topological polar surface area (TPSA) is 71.3 Å². The van der Waals surface area contributed by atoms with Crippen LogP contribution in [0.5, 0.6) is 0 Å². The zero-order valence-corrected chi connectivity index (χ0v) is 18.9. The molecule has 0 spiro atoms. The Labute approximate surface area is 186 Å². The largest absolute Gasteiger partial charge is 0.356 e. The number of nitrogens with zero attached hydrogens (tertiary/aromatic N) is 3. The van der Waals surface area contributed by atoms with Crippen molar-refractivity contribution in [3.8, 4) is 11.4 Å². The van der Waals surface area contributed by atoms with Gasteiger partial charge in [0.05, 0.1) is 12.5 Å². The number of halogens is 1. The molecular formula is C23H29BrN4O2. The molecule has 6 nitrogen and oxygen atoms in total. The van der Waals surface area contributed by atoms with Crippen LogP contribution in [-0.2, 0) is 11.3 Å². The summed E-state index contributed by atoms with van der Waals surface area (Å²) in [6.07, 6.45) is 10.3. The Morgan fingerprint density at radius 2 is 2.10 bits per heavy atom. The minimum absolute atomic E-state index is 0.0351. The second kappa shape index (κ2) is 10.4. The van der Waals surface area contributed by atoms with Gasteiger partial charge in [-0.25, -0.2) is 0 Å². The maximum absolute atomic E-state index is 12.6. The van der Waals surface area contributed by atoms with Gasteiger partial charge in [-0.05, 0) is 75.8 Å². The summed E-state index contributed by atoms with van der Waals surface area (Å²) in [7, 11) is 0. The zero-order valence-electron chi connectivity index (χ0n) is 17.3. The van der Waals surface area contributed by atoms with Crippen LogP contribution in [-0.4, -0.2) is 40.6 Å². The molecule has 1 atom stereocenters. The molecular weight excluding hydrogens is 444 g/mol. The molecule has 1 aliphatic heterocycles. The predicted octanol–water partition coefficient (Wildman–Crippen LogP) is 4.72. The Balaban J connectivity index is 1.26. The molecule has 1 unspecified atom stereocenters. The second-order valence-corrected chi connectivity index (χ2v) is 9.16. The van der Waals surface area contributed by atoms with Crippen LogP contribution in [0.2, 0.25) is 0 Å². The third-order valence-electron chi connectivity index (χ3n) is 5.94. The number of benzene rings is 1. The van der Waals surface area contributed by atoms with E-state index >= 15 is 0 Å². The molecule has 30 heavy (non-hydrogen) atoms. The first-order chi connectivity index (χ1) is 14.7. The number of piperidine rings is 1. The number of likely N-dealkylation sites (tertiary alicyclic amines) is 1. The van der Waals surface area contributed by atoms with Gasteiger partial charge in [0, 0.05) is 23.1 Å². The normalized spacial score (nSPS) is 20.0. The van der Waals surface area contributed by atoms with Crippen molar-refractivity contribution in [2.45, 2.75) is 51.5 Å². The van der Waals surface area contributed by atoms with Crippen molar-refractivity contribution in [3.63, 3.8) is 0 Å². The van der Waals surface area contributed by atoms with Crippen molar-refractivity contribution in [3.05, 3.63) is 46.3 Å². The average Bonchev–Trinajstić information content (AvgIpc) is 3.23. The van der Waals surface area contributed by atoms with E-state index in [4.69, 9.17) is 4.52 Å². The maximum atomic E-state index is 12.6. The lowest BCUT2D eigenvalue weighted by Gasteiger charge is -2.30. The van der Waals surface area contributed by atoms with E-state index in [9.17, 15) is 4.79 Å². The molecule has 2 aliphatic rings. The first kappa shape index (κ1) is 21.2. The van der Waals surface area contributed by atoms with Crippen LogP contribution >= 0.6 is 15.9 Å². The lowest BCUT2D eigenvalue weighted by Crippen LogP contribution is -2.43. The first-order valence-corrected chi connectivity index (χ1v) is 11.7. The molecule has 0 bridgehead atoms. The molecule has 1 saturated heterocycles. The van der Waals surface area contributed by atoms with Gasteiger partial charge in [0.15, 0.2) is 0 Å². The molecule has 2 aromatic rings. The number of aromatic nitrogens is 2. The maximum Gasteiger partial charge on any atom is 0.241 e. The highest BCUT2D eigenvalue weighted by Gasteiger charge is 2.26. The lowest BCUT2D eigenvalue weighted by molar-refractivity contribution is -0.126. The van der Waals surface area contributed by atoms with Crippen molar-refractivity contribution in [2.75, 3.05) is 19.6 Å². The molecule has 160 valence electrons. The third kappa shape index (κ3) is 5.79. The van der Waals surface area contributed by atoms with E-state index in [1.807, 2.05) is 24.3 Å². The zero-order chi connectivity index (χ0) is 20.8. The van der Waals surface area contributed by atoms with Gasteiger partial charge in [0.25, 0.3) is 0 Å². The van der Waals surface area contributed by atoms with Crippen molar-refractivity contribution < 1.29 is 9.32 Å². The Bertz CT molecular complexity index is 878. The third-order valence-corrected chi connectivity index (χ3v) is 6.46. The molecule has 1 fully saturated rings. The summed E-state index contributed by atoms with van der Waals surface area (Å²) in [5.41, 5.74) is 2.43. The number of hydrogen-bond donors (Lipinski definition) is 1. The SMILES string of the molecule is O=C(NCCC1=CCCCC1)C1CCCN(Cc2nc(-c3ccc(Br)cc3)no2)C1. The van der Waals surface area contributed by atoms with Crippen LogP contribution in [0.25, 0.3) is 11.4 Å². The van der Waals surface area contributed by atoms with E-state index in [1.54, 1.807) is 0 Å². The minimum Gasteiger partial charge on any atom is -0.356 e. The molecule has 1 N–H and O–H groups in total. The van der Waals surface area contributed by atoms with E-state index < -0.39 is 0 Å². The fourth-order valence-electron chi connectivity index (χ4n) is 4.26. The summed E-state index contributed by atoms with van der Waals surface area (Å²) < 4.78 is 6.48. The van der Waals surface area contributed by atoms with Crippen molar-refractivity contribution in [1.82, 2.24) is 20.4 Å². The Morgan fingerprint density at radius 1 is 1.23 bits per heavy atom. The van der Waals surface area contributed by atoms with Crippen LogP contribution in [0, 0.1) is 5.92 Å². The lowest BCUT2D eigenvalue weighted by atomic mass is 9.96. The van der Waals surface area contributed by atoms with E-state index in [1.165, 1.54) is 31.3 Å². The fraction of sp³-hybridized carbons (Fsp3) is 0.522. The van der Waals surface area contributed by atoms with Crippen LogP contribution in [0.3, 0.4) is 0 Å². The van der Waals surface area contributed by atoms with Crippen LogP contribution < -0.4 is 5.32 Å². The molecule has 4 rings (SSSR count). The van der Waals surface area contributed by atoms with Crippen LogP contribution in [0.4, 0.5) is 0 Å². The quantitative estimate of drug-likeness (QED) is 0.590. The highest BCUT2D eigenvalue weighted by Crippen LogP contribution is 2.22. The van der Waals surface area contributed by atoms with Gasteiger partial charge in [-0.1, -0.05) is 32.7 Å². The summed E-state index contributed by atoms with van der Waals surface area (Å²) in [6.45, 7) is 3.03. The highest BCUT2D eigenvalue weighted by atomic mass is 79.9. The summed E-state index contributed by atoms with van der Waals surface area (Å²) in [6, 6.07) is 7.85. The van der Waals surface area contributed by atoms with Gasteiger partial charge in [0.1, 0.15) is 0 Å². The molecule has 1 aliphatic carbocycles. The van der Waals surface area contributed by atoms with Gasteiger partial charge in [-0.2, -0.15) is 4.98 Å². The van der Waals surface area contributed by atoms with Gasteiger partial charge >= 0.3 is 0 Å². The predicted molar refractivity (Wildman–Crippen MR) is 120 cm³/mol. The first-order valence-electron chi connectivity index (χ1n) is 10.9. The van der Waals surface area contributed by atoms with E-state index in [0.717, 1.165) is 48.9 Å². The minimum atomic E-state index is 0.0351. The Kier molecular flexibility index (Phi) is 7.33. The molecule has 0 radical (unpaired) electrons. The molecule has 2 heterocycles. The number of rotatable bonds is 7.